The Bertz CT molecular complexity index is 2170. The lowest BCUT2D eigenvalue weighted by Gasteiger charge is -2.24. The van der Waals surface area contributed by atoms with Crippen molar-refractivity contribution in [3.05, 3.63) is 107 Å². The van der Waals surface area contributed by atoms with Crippen LogP contribution in [0.4, 0.5) is 0 Å². The molecule has 0 aliphatic carbocycles. The number of phenols is 1. The molecule has 0 radical (unpaired) electrons. The average molecular weight is 638 g/mol. The first kappa shape index (κ1) is 33.5. The third kappa shape index (κ3) is 6.14. The van der Waals surface area contributed by atoms with E-state index in [0.29, 0.717) is 0 Å². The Hall–Kier alpha value is -4.44. The molecule has 4 heteroatoms. The van der Waals surface area contributed by atoms with Crippen LogP contribution >= 0.6 is 0 Å². The smallest absolute Gasteiger partial charge is 0.138 e. The molecule has 0 saturated carbocycles. The fourth-order valence-corrected chi connectivity index (χ4v) is 6.56. The van der Waals surface area contributed by atoms with Gasteiger partial charge in [0.25, 0.3) is 0 Å². The van der Waals surface area contributed by atoms with Crippen molar-refractivity contribution in [2.45, 2.75) is 105 Å². The molecule has 0 spiro atoms. The van der Waals surface area contributed by atoms with Crippen molar-refractivity contribution in [2.75, 3.05) is 0 Å². The number of hydrogen-bond donors (Lipinski definition) is 1. The molecule has 0 atom stereocenters. The summed E-state index contributed by atoms with van der Waals surface area (Å²) in [6.07, 6.45) is 1.90. The van der Waals surface area contributed by atoms with Crippen LogP contribution in [0.5, 0.6) is 5.75 Å². The second kappa shape index (κ2) is 11.3. The summed E-state index contributed by atoms with van der Waals surface area (Å²) < 4.78 is 2.32. The monoisotopic (exact) mass is 637 g/mol. The maximum atomic E-state index is 11.1. The van der Waals surface area contributed by atoms with Gasteiger partial charge in [0, 0.05) is 22.5 Å². The van der Waals surface area contributed by atoms with E-state index >= 15 is 0 Å². The van der Waals surface area contributed by atoms with Gasteiger partial charge in [-0.2, -0.15) is 0 Å². The standard InChI is InChI=1S/C44H51N3O/c1-41(2,3)27-17-18-37-32(21-27)33-25-34(44(10,11)12)31(30-15-13-14-16-39(30)48)26-38(33)47(37)40-24-29(43(7,8)9)23-36(46-40)35-22-28(19-20-45-35)42(4,5)6/h13-26,48H,1-12H3. The summed E-state index contributed by atoms with van der Waals surface area (Å²) in [6, 6.07) is 27.9. The number of pyridine rings is 2. The quantitative estimate of drug-likeness (QED) is 0.210. The minimum Gasteiger partial charge on any atom is -0.507 e. The lowest BCUT2D eigenvalue weighted by atomic mass is 9.80. The van der Waals surface area contributed by atoms with Gasteiger partial charge in [-0.15, -0.1) is 0 Å². The first-order valence-corrected chi connectivity index (χ1v) is 17.1. The molecule has 3 aromatic carbocycles. The molecule has 0 aliphatic rings. The Labute approximate surface area is 286 Å². The summed E-state index contributed by atoms with van der Waals surface area (Å²) in [5.41, 5.74) is 10.4. The Kier molecular flexibility index (Phi) is 7.90. The fraction of sp³-hybridized carbons (Fsp3) is 0.364. The highest BCUT2D eigenvalue weighted by atomic mass is 16.3. The lowest BCUT2D eigenvalue weighted by molar-refractivity contribution is 0.477. The van der Waals surface area contributed by atoms with Crippen LogP contribution < -0.4 is 0 Å². The van der Waals surface area contributed by atoms with Crippen LogP contribution in [0.25, 0.3) is 50.1 Å². The van der Waals surface area contributed by atoms with E-state index in [9.17, 15) is 5.11 Å². The highest BCUT2D eigenvalue weighted by Crippen LogP contribution is 2.44. The predicted molar refractivity (Wildman–Crippen MR) is 204 cm³/mol. The fourth-order valence-electron chi connectivity index (χ4n) is 6.56. The Morgan fingerprint density at radius 1 is 0.521 bits per heavy atom. The van der Waals surface area contributed by atoms with Gasteiger partial charge in [-0.1, -0.05) is 107 Å². The third-order valence-electron chi connectivity index (χ3n) is 9.57. The van der Waals surface area contributed by atoms with Gasteiger partial charge in [-0.25, -0.2) is 4.98 Å². The predicted octanol–water partition coefficient (Wildman–Crippen LogP) is 11.8. The number of para-hydroxylation sites is 1. The van der Waals surface area contributed by atoms with Crippen molar-refractivity contribution in [2.24, 2.45) is 0 Å². The van der Waals surface area contributed by atoms with Gasteiger partial charge < -0.3 is 5.11 Å². The molecule has 4 nitrogen and oxygen atoms in total. The first-order valence-electron chi connectivity index (χ1n) is 17.1. The molecule has 0 fully saturated rings. The van der Waals surface area contributed by atoms with Crippen molar-refractivity contribution in [1.29, 1.82) is 0 Å². The molecule has 3 heterocycles. The molecule has 6 rings (SSSR count). The van der Waals surface area contributed by atoms with E-state index in [1.54, 1.807) is 6.07 Å². The van der Waals surface area contributed by atoms with Gasteiger partial charge in [0.05, 0.1) is 22.4 Å². The summed E-state index contributed by atoms with van der Waals surface area (Å²) >= 11 is 0. The SMILES string of the molecule is CC(C)(C)c1ccnc(-c2cc(C(C)(C)C)cc(-n3c4ccc(C(C)(C)C)cc4c4cc(C(C)(C)C)c(-c5ccccc5O)cc43)n2)c1. The van der Waals surface area contributed by atoms with Gasteiger partial charge in [-0.3, -0.25) is 9.55 Å². The first-order chi connectivity index (χ1) is 22.2. The highest BCUT2D eigenvalue weighted by Gasteiger charge is 2.27. The van der Waals surface area contributed by atoms with E-state index in [4.69, 9.17) is 9.97 Å². The zero-order chi connectivity index (χ0) is 35.0. The largest absolute Gasteiger partial charge is 0.507 e. The van der Waals surface area contributed by atoms with E-state index in [0.717, 1.165) is 39.4 Å². The Balaban J connectivity index is 1.76. The van der Waals surface area contributed by atoms with Crippen LogP contribution in [-0.2, 0) is 21.7 Å². The van der Waals surface area contributed by atoms with Gasteiger partial charge in [-0.05, 0) is 104 Å². The van der Waals surface area contributed by atoms with Crippen molar-refractivity contribution in [1.82, 2.24) is 14.5 Å². The summed E-state index contributed by atoms with van der Waals surface area (Å²) in [4.78, 5) is 10.2. The van der Waals surface area contributed by atoms with Crippen LogP contribution in [0.1, 0.15) is 105 Å². The molecule has 3 aromatic heterocycles. The van der Waals surface area contributed by atoms with Crippen LogP contribution in [0.15, 0.2) is 85.1 Å². The molecule has 0 unspecified atom stereocenters. The van der Waals surface area contributed by atoms with E-state index < -0.39 is 0 Å². The van der Waals surface area contributed by atoms with Crippen LogP contribution in [0.3, 0.4) is 0 Å². The number of benzene rings is 3. The lowest BCUT2D eigenvalue weighted by Crippen LogP contribution is -2.14. The van der Waals surface area contributed by atoms with Crippen molar-refractivity contribution in [3.63, 3.8) is 0 Å². The molecular weight excluding hydrogens is 587 g/mol. The summed E-state index contributed by atoms with van der Waals surface area (Å²) in [5.74, 6) is 1.13. The number of aromatic hydroxyl groups is 1. The van der Waals surface area contributed by atoms with Gasteiger partial charge >= 0.3 is 0 Å². The van der Waals surface area contributed by atoms with Gasteiger partial charge in [0.1, 0.15) is 11.6 Å². The number of phenolic OH excluding ortho intramolecular Hbond substituents is 1. The summed E-state index contributed by atoms with van der Waals surface area (Å²) in [7, 11) is 0. The molecule has 248 valence electrons. The van der Waals surface area contributed by atoms with Crippen LogP contribution in [0.2, 0.25) is 0 Å². The molecule has 6 aromatic rings. The maximum absolute atomic E-state index is 11.1. The molecule has 0 aliphatic heterocycles. The molecular formula is C44H51N3O. The van der Waals surface area contributed by atoms with Gasteiger partial charge in [0.15, 0.2) is 0 Å². The van der Waals surface area contributed by atoms with E-state index in [1.807, 2.05) is 24.4 Å². The zero-order valence-corrected chi connectivity index (χ0v) is 30.9. The number of hydrogen-bond acceptors (Lipinski definition) is 3. The van der Waals surface area contributed by atoms with Crippen molar-refractivity contribution < 1.29 is 5.11 Å². The minimum absolute atomic E-state index is 0.00739. The van der Waals surface area contributed by atoms with Crippen molar-refractivity contribution in [3.8, 4) is 34.1 Å². The molecule has 48 heavy (non-hydrogen) atoms. The topological polar surface area (TPSA) is 50.9 Å². The van der Waals surface area contributed by atoms with Crippen LogP contribution in [-0.4, -0.2) is 19.6 Å². The van der Waals surface area contributed by atoms with Gasteiger partial charge in [0.2, 0.25) is 0 Å². The number of nitrogens with zero attached hydrogens (tertiary/aromatic N) is 3. The number of fused-ring (bicyclic) bond motifs is 3. The Morgan fingerprint density at radius 2 is 1.12 bits per heavy atom. The maximum Gasteiger partial charge on any atom is 0.138 e. The van der Waals surface area contributed by atoms with Crippen molar-refractivity contribution >= 4 is 21.8 Å². The van der Waals surface area contributed by atoms with E-state index in [1.165, 1.54) is 33.0 Å². The summed E-state index contributed by atoms with van der Waals surface area (Å²) in [5, 5.41) is 13.5. The molecule has 0 saturated heterocycles. The molecule has 0 amide bonds. The van der Waals surface area contributed by atoms with E-state index in [-0.39, 0.29) is 27.4 Å². The summed E-state index contributed by atoms with van der Waals surface area (Å²) in [6.45, 7) is 27.0. The second-order valence-corrected chi connectivity index (χ2v) is 17.5. The average Bonchev–Trinajstić information content (AvgIpc) is 3.31. The number of rotatable bonds is 3. The minimum atomic E-state index is -0.164. The molecule has 0 bridgehead atoms. The molecule has 1 N–H and O–H groups in total. The van der Waals surface area contributed by atoms with Crippen LogP contribution in [0, 0.1) is 0 Å². The van der Waals surface area contributed by atoms with E-state index in [2.05, 4.69) is 142 Å². The zero-order valence-electron chi connectivity index (χ0n) is 30.9. The second-order valence-electron chi connectivity index (χ2n) is 17.5. The number of aromatic nitrogens is 3. The normalized spacial score (nSPS) is 13.1. The Morgan fingerprint density at radius 3 is 1.75 bits per heavy atom. The highest BCUT2D eigenvalue weighted by molar-refractivity contribution is 6.11. The third-order valence-corrected chi connectivity index (χ3v) is 9.57.